The molecule has 0 aromatic heterocycles. The number of hydrogen-bond donors (Lipinski definition) is 2. The monoisotopic (exact) mass is 244 g/mol. The van der Waals surface area contributed by atoms with Crippen molar-refractivity contribution < 1.29 is 19.7 Å². The van der Waals surface area contributed by atoms with Crippen LogP contribution in [0.15, 0.2) is 42.5 Å². The minimum absolute atomic E-state index is 0.0525. The smallest absolute Gasteiger partial charge is 0.347 e. The SMILES string of the molecule is Cc1cc(O)cc(O)c1C(=O)Oc1ccccc1. The molecule has 0 aliphatic rings. The van der Waals surface area contributed by atoms with Gasteiger partial charge >= 0.3 is 5.97 Å². The van der Waals surface area contributed by atoms with E-state index in [1.165, 1.54) is 6.07 Å². The highest BCUT2D eigenvalue weighted by Crippen LogP contribution is 2.27. The van der Waals surface area contributed by atoms with E-state index in [1.807, 2.05) is 0 Å². The second kappa shape index (κ2) is 4.79. The first-order chi connectivity index (χ1) is 8.58. The molecule has 4 nitrogen and oxygen atoms in total. The van der Waals surface area contributed by atoms with Crippen molar-refractivity contribution in [3.8, 4) is 17.2 Å². The fourth-order valence-electron chi connectivity index (χ4n) is 1.66. The molecule has 0 aliphatic carbocycles. The average molecular weight is 244 g/mol. The fourth-order valence-corrected chi connectivity index (χ4v) is 1.66. The van der Waals surface area contributed by atoms with Gasteiger partial charge in [0.1, 0.15) is 22.8 Å². The standard InChI is InChI=1S/C14H12O4/c1-9-7-10(15)8-12(16)13(9)14(17)18-11-5-3-2-4-6-11/h2-8,15-16H,1H3. The molecule has 0 aliphatic heterocycles. The molecule has 0 heterocycles. The molecule has 92 valence electrons. The Labute approximate surface area is 104 Å². The van der Waals surface area contributed by atoms with Gasteiger partial charge in [-0.15, -0.1) is 0 Å². The van der Waals surface area contributed by atoms with E-state index < -0.39 is 5.97 Å². The van der Waals surface area contributed by atoms with E-state index in [1.54, 1.807) is 37.3 Å². The second-order valence-electron chi connectivity index (χ2n) is 3.86. The number of esters is 1. The third-order valence-corrected chi connectivity index (χ3v) is 2.46. The van der Waals surface area contributed by atoms with E-state index >= 15 is 0 Å². The number of rotatable bonds is 2. The Morgan fingerprint density at radius 1 is 1.11 bits per heavy atom. The Kier molecular flexibility index (Phi) is 3.19. The number of carbonyl (C=O) groups is 1. The highest BCUT2D eigenvalue weighted by Gasteiger charge is 2.17. The number of phenolic OH excluding ortho intramolecular Hbond substituents is 2. The number of carbonyl (C=O) groups excluding carboxylic acids is 1. The van der Waals surface area contributed by atoms with Crippen LogP contribution < -0.4 is 4.74 Å². The van der Waals surface area contributed by atoms with Crippen LogP contribution in [-0.4, -0.2) is 16.2 Å². The molecular weight excluding hydrogens is 232 g/mol. The maximum absolute atomic E-state index is 11.9. The van der Waals surface area contributed by atoms with Crippen LogP contribution in [0, 0.1) is 6.92 Å². The normalized spacial score (nSPS) is 10.1. The largest absolute Gasteiger partial charge is 0.508 e. The Bertz CT molecular complexity index is 553. The molecule has 0 bridgehead atoms. The highest BCUT2D eigenvalue weighted by molar-refractivity contribution is 5.95. The number of aryl methyl sites for hydroxylation is 1. The summed E-state index contributed by atoms with van der Waals surface area (Å²) in [6, 6.07) is 11.1. The van der Waals surface area contributed by atoms with Gasteiger partial charge in [0.05, 0.1) is 0 Å². The molecule has 0 atom stereocenters. The Balaban J connectivity index is 2.30. The van der Waals surface area contributed by atoms with Gasteiger partial charge in [-0.2, -0.15) is 0 Å². The first-order valence-electron chi connectivity index (χ1n) is 5.37. The van der Waals surface area contributed by atoms with Gasteiger partial charge in [-0.3, -0.25) is 0 Å². The quantitative estimate of drug-likeness (QED) is 0.629. The Morgan fingerprint density at radius 2 is 1.78 bits per heavy atom. The number of aromatic hydroxyl groups is 2. The summed E-state index contributed by atoms with van der Waals surface area (Å²) in [5.74, 6) is -0.653. The number of phenols is 2. The summed E-state index contributed by atoms with van der Waals surface area (Å²) in [5.41, 5.74) is 0.505. The summed E-state index contributed by atoms with van der Waals surface area (Å²) in [4.78, 5) is 11.9. The van der Waals surface area contributed by atoms with Crippen molar-refractivity contribution in [3.05, 3.63) is 53.6 Å². The van der Waals surface area contributed by atoms with Crippen molar-refractivity contribution in [1.29, 1.82) is 0 Å². The maximum Gasteiger partial charge on any atom is 0.347 e. The first-order valence-corrected chi connectivity index (χ1v) is 5.37. The summed E-state index contributed by atoms with van der Waals surface area (Å²) in [6.07, 6.45) is 0. The predicted octanol–water partition coefficient (Wildman–Crippen LogP) is 2.63. The number of para-hydroxylation sites is 1. The van der Waals surface area contributed by atoms with Gasteiger partial charge in [0.25, 0.3) is 0 Å². The second-order valence-corrected chi connectivity index (χ2v) is 3.86. The third kappa shape index (κ3) is 2.43. The number of ether oxygens (including phenoxy) is 1. The van der Waals surface area contributed by atoms with E-state index in [4.69, 9.17) is 4.74 Å². The van der Waals surface area contributed by atoms with Crippen LogP contribution in [0.3, 0.4) is 0 Å². The van der Waals surface area contributed by atoms with Crippen molar-refractivity contribution in [1.82, 2.24) is 0 Å². The van der Waals surface area contributed by atoms with Crippen LogP contribution in [0.4, 0.5) is 0 Å². The summed E-state index contributed by atoms with van der Waals surface area (Å²) in [6.45, 7) is 1.61. The van der Waals surface area contributed by atoms with Gasteiger partial charge in [-0.05, 0) is 30.7 Å². The van der Waals surface area contributed by atoms with Crippen LogP contribution in [0.1, 0.15) is 15.9 Å². The summed E-state index contributed by atoms with van der Waals surface area (Å²) >= 11 is 0. The minimum atomic E-state index is -0.656. The molecule has 2 rings (SSSR count). The van der Waals surface area contributed by atoms with Crippen molar-refractivity contribution in [3.63, 3.8) is 0 Å². The van der Waals surface area contributed by atoms with E-state index in [0.29, 0.717) is 11.3 Å². The zero-order valence-corrected chi connectivity index (χ0v) is 9.75. The van der Waals surface area contributed by atoms with E-state index in [2.05, 4.69) is 0 Å². The Morgan fingerprint density at radius 3 is 2.39 bits per heavy atom. The fraction of sp³-hybridized carbons (Fsp3) is 0.0714. The van der Waals surface area contributed by atoms with Gasteiger partial charge < -0.3 is 14.9 Å². The lowest BCUT2D eigenvalue weighted by Gasteiger charge is -2.09. The lowest BCUT2D eigenvalue weighted by Crippen LogP contribution is -2.10. The van der Waals surface area contributed by atoms with Gasteiger partial charge in [-0.1, -0.05) is 18.2 Å². The van der Waals surface area contributed by atoms with Gasteiger partial charge in [0.2, 0.25) is 0 Å². The van der Waals surface area contributed by atoms with Crippen LogP contribution >= 0.6 is 0 Å². The third-order valence-electron chi connectivity index (χ3n) is 2.46. The summed E-state index contributed by atoms with van der Waals surface area (Å²) in [7, 11) is 0. The number of benzene rings is 2. The molecule has 0 spiro atoms. The summed E-state index contributed by atoms with van der Waals surface area (Å²) in [5, 5.41) is 18.9. The molecule has 0 saturated heterocycles. The zero-order valence-electron chi connectivity index (χ0n) is 9.75. The van der Waals surface area contributed by atoms with Crippen molar-refractivity contribution in [2.24, 2.45) is 0 Å². The van der Waals surface area contributed by atoms with Crippen molar-refractivity contribution in [2.45, 2.75) is 6.92 Å². The molecule has 0 amide bonds. The van der Waals surface area contributed by atoms with E-state index in [-0.39, 0.29) is 17.1 Å². The average Bonchev–Trinajstić information content (AvgIpc) is 2.28. The lowest BCUT2D eigenvalue weighted by atomic mass is 10.1. The van der Waals surface area contributed by atoms with Gasteiger partial charge in [0, 0.05) is 6.07 Å². The summed E-state index contributed by atoms with van der Waals surface area (Å²) < 4.78 is 5.12. The van der Waals surface area contributed by atoms with E-state index in [0.717, 1.165) is 6.07 Å². The molecule has 2 N–H and O–H groups in total. The maximum atomic E-state index is 11.9. The van der Waals surface area contributed by atoms with Crippen molar-refractivity contribution >= 4 is 5.97 Å². The number of hydrogen-bond acceptors (Lipinski definition) is 4. The minimum Gasteiger partial charge on any atom is -0.508 e. The molecule has 0 saturated carbocycles. The molecule has 0 fully saturated rings. The molecule has 0 unspecified atom stereocenters. The van der Waals surface area contributed by atoms with E-state index in [9.17, 15) is 15.0 Å². The predicted molar refractivity (Wildman–Crippen MR) is 65.9 cm³/mol. The molecule has 4 heteroatoms. The van der Waals surface area contributed by atoms with Gasteiger partial charge in [0.15, 0.2) is 0 Å². The van der Waals surface area contributed by atoms with Gasteiger partial charge in [-0.25, -0.2) is 4.79 Å². The first kappa shape index (κ1) is 12.0. The van der Waals surface area contributed by atoms with Crippen LogP contribution in [0.5, 0.6) is 17.2 Å². The van der Waals surface area contributed by atoms with Crippen molar-refractivity contribution in [2.75, 3.05) is 0 Å². The molecular formula is C14H12O4. The molecule has 2 aromatic rings. The zero-order chi connectivity index (χ0) is 13.1. The van der Waals surface area contributed by atoms with Crippen LogP contribution in [0.2, 0.25) is 0 Å². The molecule has 2 aromatic carbocycles. The van der Waals surface area contributed by atoms with Crippen LogP contribution in [-0.2, 0) is 0 Å². The highest BCUT2D eigenvalue weighted by atomic mass is 16.5. The molecule has 0 radical (unpaired) electrons. The molecule has 18 heavy (non-hydrogen) atoms. The topological polar surface area (TPSA) is 66.8 Å². The van der Waals surface area contributed by atoms with Crippen LogP contribution in [0.25, 0.3) is 0 Å². The lowest BCUT2D eigenvalue weighted by molar-refractivity contribution is 0.0731. The Hall–Kier alpha value is -2.49.